The molecule has 0 aliphatic heterocycles. The average Bonchev–Trinajstić information content (AvgIpc) is 3.03. The number of nitrogen functional groups attached to an aromatic ring is 1. The quantitative estimate of drug-likeness (QED) is 0.343. The van der Waals surface area contributed by atoms with Gasteiger partial charge in [-0.05, 0) is 85.4 Å². The van der Waals surface area contributed by atoms with Gasteiger partial charge < -0.3 is 16.4 Å². The van der Waals surface area contributed by atoms with Crippen LogP contribution < -0.4 is 16.4 Å². The Morgan fingerprint density at radius 2 is 1.70 bits per heavy atom. The van der Waals surface area contributed by atoms with Crippen LogP contribution in [0.3, 0.4) is 0 Å². The molecule has 2 aliphatic rings. The summed E-state index contributed by atoms with van der Waals surface area (Å²) in [5.74, 6) is 1.32. The number of rotatable bonds is 5. The molecule has 0 saturated carbocycles. The molecule has 190 valence electrons. The van der Waals surface area contributed by atoms with E-state index in [-0.39, 0.29) is 5.95 Å². The molecule has 2 aromatic heterocycles. The maximum absolute atomic E-state index is 6.27. The minimum absolute atomic E-state index is 0.281. The fourth-order valence-corrected chi connectivity index (χ4v) is 5.68. The lowest BCUT2D eigenvalue weighted by Crippen LogP contribution is -2.34. The lowest BCUT2D eigenvalue weighted by molar-refractivity contribution is 0.424. The van der Waals surface area contributed by atoms with Gasteiger partial charge in [0.05, 0.1) is 5.69 Å². The van der Waals surface area contributed by atoms with Crippen LogP contribution in [-0.2, 0) is 25.7 Å². The van der Waals surface area contributed by atoms with Crippen molar-refractivity contribution in [2.75, 3.05) is 11.1 Å². The number of nitrogens with zero attached hydrogens (tertiary/aromatic N) is 5. The minimum atomic E-state index is 0.281. The molecule has 4 N–H and O–H groups in total. The largest absolute Gasteiger partial charge is 0.368 e. The number of hydrogen-bond donors (Lipinski definition) is 3. The van der Waals surface area contributed by atoms with Crippen LogP contribution in [-0.4, -0.2) is 37.0 Å². The van der Waals surface area contributed by atoms with Gasteiger partial charge in [0.1, 0.15) is 0 Å². The van der Waals surface area contributed by atoms with Gasteiger partial charge in [-0.1, -0.05) is 44.2 Å². The summed E-state index contributed by atoms with van der Waals surface area (Å²) < 4.78 is 1.57. The summed E-state index contributed by atoms with van der Waals surface area (Å²) in [7, 11) is 0. The van der Waals surface area contributed by atoms with Crippen LogP contribution >= 0.6 is 0 Å². The first-order valence-corrected chi connectivity index (χ1v) is 13.4. The molecular weight excluding hydrogens is 460 g/mol. The first-order valence-electron chi connectivity index (χ1n) is 13.4. The molecular formula is C29H34N8. The van der Waals surface area contributed by atoms with E-state index in [1.807, 2.05) is 6.07 Å². The molecule has 8 nitrogen and oxygen atoms in total. The molecule has 2 aromatic carbocycles. The highest BCUT2D eigenvalue weighted by Crippen LogP contribution is 2.31. The number of nitrogens with one attached hydrogen (secondary N) is 2. The van der Waals surface area contributed by atoms with Crippen molar-refractivity contribution < 1.29 is 0 Å². The zero-order valence-electron chi connectivity index (χ0n) is 21.5. The van der Waals surface area contributed by atoms with Gasteiger partial charge in [0.25, 0.3) is 0 Å². The predicted molar refractivity (Wildman–Crippen MR) is 147 cm³/mol. The van der Waals surface area contributed by atoms with Crippen molar-refractivity contribution in [1.82, 2.24) is 30.3 Å². The standard InChI is InChI=1S/C29H34N8/c1-18(2)31-23-13-10-19-11-15-24(16-21(19)12-14-23)32-29-33-28(30)37(36-29)26-17-22-8-5-7-20-6-3-4-9-25(20)27(22)35-34-26/h3-4,6,9,11,15-18,23,31H,5,7-8,10,12-14H2,1-2H3,(H3,30,32,33,36)/t23-/m1/s1. The number of nitrogens with two attached hydrogens (primary N) is 1. The number of benzene rings is 2. The molecule has 0 radical (unpaired) electrons. The van der Waals surface area contributed by atoms with Crippen molar-refractivity contribution >= 4 is 17.6 Å². The van der Waals surface area contributed by atoms with Crippen LogP contribution in [0.25, 0.3) is 17.1 Å². The topological polar surface area (TPSA) is 107 Å². The van der Waals surface area contributed by atoms with Crippen LogP contribution in [0.5, 0.6) is 0 Å². The summed E-state index contributed by atoms with van der Waals surface area (Å²) in [6.45, 7) is 4.43. The molecule has 2 aliphatic carbocycles. The van der Waals surface area contributed by atoms with Crippen molar-refractivity contribution in [3.63, 3.8) is 0 Å². The summed E-state index contributed by atoms with van der Waals surface area (Å²) in [5, 5.41) is 20.7. The van der Waals surface area contributed by atoms with E-state index in [9.17, 15) is 0 Å². The van der Waals surface area contributed by atoms with E-state index in [4.69, 9.17) is 5.73 Å². The van der Waals surface area contributed by atoms with E-state index in [0.29, 0.717) is 23.8 Å². The molecule has 2 heterocycles. The highest BCUT2D eigenvalue weighted by atomic mass is 15.4. The third-order valence-electron chi connectivity index (χ3n) is 7.43. The molecule has 0 saturated heterocycles. The first-order chi connectivity index (χ1) is 18.0. The average molecular weight is 495 g/mol. The maximum Gasteiger partial charge on any atom is 0.248 e. The number of hydrogen-bond acceptors (Lipinski definition) is 7. The van der Waals surface area contributed by atoms with Gasteiger partial charge in [0.15, 0.2) is 5.82 Å². The number of aryl methyl sites for hydroxylation is 4. The second-order valence-electron chi connectivity index (χ2n) is 10.5. The Balaban J connectivity index is 1.22. The van der Waals surface area contributed by atoms with Crippen LogP contribution in [0.2, 0.25) is 0 Å². The highest BCUT2D eigenvalue weighted by Gasteiger charge is 2.20. The smallest absolute Gasteiger partial charge is 0.248 e. The van der Waals surface area contributed by atoms with Gasteiger partial charge in [-0.3, -0.25) is 0 Å². The van der Waals surface area contributed by atoms with Crippen molar-refractivity contribution in [3.8, 4) is 17.1 Å². The molecule has 4 aromatic rings. The molecule has 37 heavy (non-hydrogen) atoms. The van der Waals surface area contributed by atoms with Crippen molar-refractivity contribution in [1.29, 1.82) is 0 Å². The van der Waals surface area contributed by atoms with E-state index in [2.05, 4.69) is 87.2 Å². The fraction of sp³-hybridized carbons (Fsp3) is 0.379. The number of anilines is 3. The Bertz CT molecular complexity index is 1420. The Labute approximate surface area is 217 Å². The van der Waals surface area contributed by atoms with Gasteiger partial charge in [-0.25, -0.2) is 0 Å². The van der Waals surface area contributed by atoms with E-state index in [1.54, 1.807) is 4.68 Å². The van der Waals surface area contributed by atoms with Gasteiger partial charge in [-0.15, -0.1) is 15.3 Å². The van der Waals surface area contributed by atoms with Gasteiger partial charge in [0.2, 0.25) is 11.9 Å². The molecule has 0 amide bonds. The summed E-state index contributed by atoms with van der Waals surface area (Å²) in [6, 6.07) is 18.1. The molecule has 0 unspecified atom stereocenters. The zero-order chi connectivity index (χ0) is 25.4. The normalized spacial score (nSPS) is 16.9. The van der Waals surface area contributed by atoms with Crippen molar-refractivity contribution in [3.05, 3.63) is 70.8 Å². The van der Waals surface area contributed by atoms with Gasteiger partial charge >= 0.3 is 0 Å². The molecule has 8 heteroatoms. The van der Waals surface area contributed by atoms with E-state index >= 15 is 0 Å². The van der Waals surface area contributed by atoms with Crippen LogP contribution in [0.15, 0.2) is 48.5 Å². The van der Waals surface area contributed by atoms with Crippen molar-refractivity contribution in [2.45, 2.75) is 70.9 Å². The monoisotopic (exact) mass is 494 g/mol. The first kappa shape index (κ1) is 23.6. The van der Waals surface area contributed by atoms with Crippen LogP contribution in [0.4, 0.5) is 17.6 Å². The maximum atomic E-state index is 6.27. The molecule has 1 atom stereocenters. The predicted octanol–water partition coefficient (Wildman–Crippen LogP) is 4.78. The Morgan fingerprint density at radius 3 is 2.57 bits per heavy atom. The van der Waals surface area contributed by atoms with Gasteiger partial charge in [-0.2, -0.15) is 9.67 Å². The summed E-state index contributed by atoms with van der Waals surface area (Å²) >= 11 is 0. The lowest BCUT2D eigenvalue weighted by Gasteiger charge is -2.18. The van der Waals surface area contributed by atoms with Crippen molar-refractivity contribution in [2.24, 2.45) is 0 Å². The second-order valence-corrected chi connectivity index (χ2v) is 10.5. The zero-order valence-corrected chi connectivity index (χ0v) is 21.5. The molecule has 0 bridgehead atoms. The summed E-state index contributed by atoms with van der Waals surface area (Å²) in [5.41, 5.74) is 14.7. The molecule has 0 fully saturated rings. The fourth-order valence-electron chi connectivity index (χ4n) is 5.68. The SMILES string of the molecule is CC(C)N[C@@H]1CCc2ccc(Nc3nc(N)n(-c4cc5c(nn4)-c4ccccc4CCC5)n3)cc2CC1. The second kappa shape index (κ2) is 9.94. The Morgan fingerprint density at radius 1 is 0.892 bits per heavy atom. The summed E-state index contributed by atoms with van der Waals surface area (Å²) in [4.78, 5) is 4.46. The Kier molecular flexibility index (Phi) is 6.34. The number of fused-ring (bicyclic) bond motifs is 4. The Hall–Kier alpha value is -3.78. The van der Waals surface area contributed by atoms with E-state index < -0.39 is 0 Å². The third kappa shape index (κ3) is 4.93. The molecule has 6 rings (SSSR count). The lowest BCUT2D eigenvalue weighted by atomic mass is 10.0. The van der Waals surface area contributed by atoms with E-state index in [0.717, 1.165) is 61.0 Å². The van der Waals surface area contributed by atoms with Gasteiger partial charge in [0, 0.05) is 23.3 Å². The highest BCUT2D eigenvalue weighted by molar-refractivity contribution is 5.68. The van der Waals surface area contributed by atoms with Crippen LogP contribution in [0.1, 0.15) is 55.4 Å². The minimum Gasteiger partial charge on any atom is -0.368 e. The van der Waals surface area contributed by atoms with Crippen LogP contribution in [0, 0.1) is 0 Å². The third-order valence-corrected chi connectivity index (χ3v) is 7.43. The number of aromatic nitrogens is 5. The molecule has 0 spiro atoms. The summed E-state index contributed by atoms with van der Waals surface area (Å²) in [6.07, 6.45) is 7.53. The van der Waals surface area contributed by atoms with E-state index in [1.165, 1.54) is 23.1 Å².